The van der Waals surface area contributed by atoms with E-state index in [1.807, 2.05) is 24.3 Å². The molecule has 3 amide bonds. The Bertz CT molecular complexity index is 887. The number of nitrogens with zero attached hydrogens (tertiary/aromatic N) is 2. The molecule has 194 valence electrons. The standard InChI is InChI=1S/C26H39N3O6/c1-5-6-13-27-26(31)29(14-8-16-32-2)20-25(30)28(19-22-9-7-17-35-22)15-12-21-10-11-23(33-3)24(18-21)34-4/h7,9-11,17-18H,5-6,8,12-16,19-20H2,1-4H3,(H,27,31). The minimum Gasteiger partial charge on any atom is -0.493 e. The highest BCUT2D eigenvalue weighted by Crippen LogP contribution is 2.27. The second-order valence-electron chi connectivity index (χ2n) is 8.19. The van der Waals surface area contributed by atoms with Crippen molar-refractivity contribution in [1.82, 2.24) is 15.1 Å². The van der Waals surface area contributed by atoms with E-state index >= 15 is 0 Å². The SMILES string of the molecule is CCCCNC(=O)N(CCCOC)CC(=O)N(CCc1ccc(OC)c(OC)c1)Cc1ccco1. The summed E-state index contributed by atoms with van der Waals surface area (Å²) in [6.07, 6.45) is 4.72. The Morgan fingerprint density at radius 2 is 1.80 bits per heavy atom. The highest BCUT2D eigenvalue weighted by Gasteiger charge is 2.22. The zero-order chi connectivity index (χ0) is 25.5. The lowest BCUT2D eigenvalue weighted by Gasteiger charge is -2.27. The Morgan fingerprint density at radius 1 is 1.00 bits per heavy atom. The molecule has 0 saturated heterocycles. The molecule has 0 fully saturated rings. The van der Waals surface area contributed by atoms with Gasteiger partial charge in [0, 0.05) is 33.4 Å². The Balaban J connectivity index is 2.11. The number of unbranched alkanes of at least 4 members (excludes halogenated alkanes) is 1. The van der Waals surface area contributed by atoms with E-state index in [-0.39, 0.29) is 18.5 Å². The molecule has 0 bridgehead atoms. The smallest absolute Gasteiger partial charge is 0.317 e. The van der Waals surface area contributed by atoms with Gasteiger partial charge in [-0.05, 0) is 49.1 Å². The zero-order valence-corrected chi connectivity index (χ0v) is 21.4. The Hall–Kier alpha value is -3.20. The summed E-state index contributed by atoms with van der Waals surface area (Å²) < 4.78 is 21.3. The quantitative estimate of drug-likeness (QED) is 0.361. The lowest BCUT2D eigenvalue weighted by molar-refractivity contribution is -0.132. The van der Waals surface area contributed by atoms with Crippen LogP contribution >= 0.6 is 0 Å². The van der Waals surface area contributed by atoms with Crippen molar-refractivity contribution in [2.24, 2.45) is 0 Å². The lowest BCUT2D eigenvalue weighted by atomic mass is 10.1. The second-order valence-corrected chi connectivity index (χ2v) is 8.19. The Morgan fingerprint density at radius 3 is 2.46 bits per heavy atom. The van der Waals surface area contributed by atoms with Crippen LogP contribution < -0.4 is 14.8 Å². The maximum atomic E-state index is 13.4. The van der Waals surface area contributed by atoms with E-state index in [2.05, 4.69) is 12.2 Å². The van der Waals surface area contributed by atoms with E-state index in [9.17, 15) is 9.59 Å². The van der Waals surface area contributed by atoms with Gasteiger partial charge in [0.2, 0.25) is 5.91 Å². The van der Waals surface area contributed by atoms with Crippen molar-refractivity contribution in [2.75, 3.05) is 54.1 Å². The van der Waals surface area contributed by atoms with Crippen LogP contribution in [0.2, 0.25) is 0 Å². The van der Waals surface area contributed by atoms with Gasteiger partial charge in [0.15, 0.2) is 11.5 Å². The molecule has 2 aromatic rings. The molecule has 0 aliphatic carbocycles. The third-order valence-electron chi connectivity index (χ3n) is 5.59. The molecule has 0 aliphatic rings. The predicted octanol–water partition coefficient (Wildman–Crippen LogP) is 3.72. The lowest BCUT2D eigenvalue weighted by Crippen LogP contribution is -2.47. The third kappa shape index (κ3) is 9.52. The number of benzene rings is 1. The van der Waals surface area contributed by atoms with Gasteiger partial charge in [0.1, 0.15) is 12.3 Å². The molecule has 1 aromatic carbocycles. The van der Waals surface area contributed by atoms with Crippen molar-refractivity contribution in [1.29, 1.82) is 0 Å². The normalized spacial score (nSPS) is 10.6. The minimum atomic E-state index is -0.235. The number of methoxy groups -OCH3 is 3. The summed E-state index contributed by atoms with van der Waals surface area (Å²) >= 11 is 0. The van der Waals surface area contributed by atoms with Crippen LogP contribution in [-0.4, -0.2) is 75.9 Å². The molecule has 9 heteroatoms. The van der Waals surface area contributed by atoms with Gasteiger partial charge in [-0.15, -0.1) is 0 Å². The number of amides is 3. The summed E-state index contributed by atoms with van der Waals surface area (Å²) in [7, 11) is 4.81. The number of ether oxygens (including phenoxy) is 3. The molecule has 0 spiro atoms. The predicted molar refractivity (Wildman–Crippen MR) is 134 cm³/mol. The number of furan rings is 1. The summed E-state index contributed by atoms with van der Waals surface area (Å²) in [5, 5.41) is 2.91. The van der Waals surface area contributed by atoms with Gasteiger partial charge in [-0.2, -0.15) is 0 Å². The summed E-state index contributed by atoms with van der Waals surface area (Å²) in [6.45, 7) is 4.36. The number of rotatable bonds is 16. The average molecular weight is 490 g/mol. The van der Waals surface area contributed by atoms with Crippen molar-refractivity contribution < 1.29 is 28.2 Å². The van der Waals surface area contributed by atoms with Crippen LogP contribution in [0.4, 0.5) is 4.79 Å². The van der Waals surface area contributed by atoms with E-state index in [1.165, 1.54) is 0 Å². The summed E-state index contributed by atoms with van der Waals surface area (Å²) in [5.41, 5.74) is 1.01. The van der Waals surface area contributed by atoms with Crippen molar-refractivity contribution >= 4 is 11.9 Å². The van der Waals surface area contributed by atoms with Crippen molar-refractivity contribution in [3.63, 3.8) is 0 Å². The zero-order valence-electron chi connectivity index (χ0n) is 21.4. The fourth-order valence-electron chi connectivity index (χ4n) is 3.58. The number of hydrogen-bond donors (Lipinski definition) is 1. The molecule has 1 N–H and O–H groups in total. The fourth-order valence-corrected chi connectivity index (χ4v) is 3.58. The van der Waals surface area contributed by atoms with E-state index in [1.54, 1.807) is 43.5 Å². The molecule has 1 heterocycles. The molecule has 1 aromatic heterocycles. The molecule has 9 nitrogen and oxygen atoms in total. The first kappa shape index (κ1) is 28.0. The van der Waals surface area contributed by atoms with Crippen LogP contribution in [0.1, 0.15) is 37.5 Å². The van der Waals surface area contributed by atoms with Crippen molar-refractivity contribution in [2.45, 2.75) is 39.2 Å². The summed E-state index contributed by atoms with van der Waals surface area (Å²) in [6, 6.07) is 9.11. The molecule has 0 aliphatic heterocycles. The van der Waals surface area contributed by atoms with Gasteiger partial charge >= 0.3 is 6.03 Å². The highest BCUT2D eigenvalue weighted by molar-refractivity contribution is 5.84. The van der Waals surface area contributed by atoms with Crippen LogP contribution in [0.5, 0.6) is 11.5 Å². The molecule has 0 unspecified atom stereocenters. The fraction of sp³-hybridized carbons (Fsp3) is 0.538. The molecular formula is C26H39N3O6. The topological polar surface area (TPSA) is 93.5 Å². The van der Waals surface area contributed by atoms with Gasteiger partial charge in [0.05, 0.1) is 27.0 Å². The summed E-state index contributed by atoms with van der Waals surface area (Å²) in [5.74, 6) is 1.83. The van der Waals surface area contributed by atoms with Crippen molar-refractivity contribution in [3.05, 3.63) is 47.9 Å². The first-order chi connectivity index (χ1) is 17.0. The Kier molecular flexibility index (Phi) is 12.5. The summed E-state index contributed by atoms with van der Waals surface area (Å²) in [4.78, 5) is 29.4. The average Bonchev–Trinajstić information content (AvgIpc) is 3.39. The first-order valence-corrected chi connectivity index (χ1v) is 12.0. The number of carbonyl (C=O) groups is 2. The maximum Gasteiger partial charge on any atom is 0.317 e. The van der Waals surface area contributed by atoms with E-state index in [0.717, 1.165) is 18.4 Å². The molecule has 0 atom stereocenters. The second kappa shape index (κ2) is 15.7. The van der Waals surface area contributed by atoms with E-state index in [4.69, 9.17) is 18.6 Å². The number of nitrogens with one attached hydrogen (secondary N) is 1. The van der Waals surface area contributed by atoms with Crippen LogP contribution in [-0.2, 0) is 22.5 Å². The van der Waals surface area contributed by atoms with Gasteiger partial charge in [-0.3, -0.25) is 4.79 Å². The van der Waals surface area contributed by atoms with Gasteiger partial charge in [0.25, 0.3) is 0 Å². The van der Waals surface area contributed by atoms with E-state index in [0.29, 0.717) is 62.9 Å². The van der Waals surface area contributed by atoms with Crippen LogP contribution in [0, 0.1) is 0 Å². The minimum absolute atomic E-state index is 0.0195. The van der Waals surface area contributed by atoms with Gasteiger partial charge in [-0.25, -0.2) is 4.79 Å². The van der Waals surface area contributed by atoms with Crippen molar-refractivity contribution in [3.8, 4) is 11.5 Å². The molecular weight excluding hydrogens is 450 g/mol. The molecule has 35 heavy (non-hydrogen) atoms. The number of carbonyl (C=O) groups excluding carboxylic acids is 2. The number of urea groups is 1. The maximum absolute atomic E-state index is 13.4. The van der Waals surface area contributed by atoms with Gasteiger partial charge in [-0.1, -0.05) is 19.4 Å². The molecule has 0 radical (unpaired) electrons. The Labute approximate surface area is 208 Å². The first-order valence-electron chi connectivity index (χ1n) is 12.0. The molecule has 2 rings (SSSR count). The highest BCUT2D eigenvalue weighted by atomic mass is 16.5. The van der Waals surface area contributed by atoms with Gasteiger partial charge < -0.3 is 33.7 Å². The number of hydrogen-bond acceptors (Lipinski definition) is 6. The molecule has 0 saturated carbocycles. The van der Waals surface area contributed by atoms with Crippen LogP contribution in [0.15, 0.2) is 41.0 Å². The monoisotopic (exact) mass is 489 g/mol. The largest absolute Gasteiger partial charge is 0.493 e. The van der Waals surface area contributed by atoms with E-state index < -0.39 is 0 Å². The third-order valence-corrected chi connectivity index (χ3v) is 5.59. The van der Waals surface area contributed by atoms with Crippen LogP contribution in [0.3, 0.4) is 0 Å². The van der Waals surface area contributed by atoms with Crippen LogP contribution in [0.25, 0.3) is 0 Å².